The summed E-state index contributed by atoms with van der Waals surface area (Å²) in [5.74, 6) is 0.753. The van der Waals surface area contributed by atoms with Crippen LogP contribution in [-0.2, 0) is 6.54 Å². The highest BCUT2D eigenvalue weighted by atomic mass is 32.1. The zero-order valence-corrected chi connectivity index (χ0v) is 18.7. The summed E-state index contributed by atoms with van der Waals surface area (Å²) in [6, 6.07) is 24.8. The normalized spacial score (nSPS) is 11.4. The molecule has 8 nitrogen and oxygen atoms in total. The molecule has 0 aliphatic carbocycles. The Bertz CT molecular complexity index is 1530. The Labute approximate surface area is 193 Å². The van der Waals surface area contributed by atoms with Gasteiger partial charge in [-0.05, 0) is 53.0 Å². The van der Waals surface area contributed by atoms with Gasteiger partial charge in [0.15, 0.2) is 6.33 Å². The fourth-order valence-corrected chi connectivity index (χ4v) is 4.97. The molecule has 0 radical (unpaired) electrons. The molecule has 0 aliphatic rings. The van der Waals surface area contributed by atoms with Crippen LogP contribution in [0.3, 0.4) is 0 Å². The van der Waals surface area contributed by atoms with Crippen molar-refractivity contribution in [1.82, 2.24) is 34.0 Å². The molecule has 0 fully saturated rings. The quantitative estimate of drug-likeness (QED) is 0.367. The first kappa shape index (κ1) is 19.6. The Balaban J connectivity index is 1.27. The molecule has 162 valence electrons. The molecule has 3 aromatic heterocycles. The van der Waals surface area contributed by atoms with Crippen LogP contribution in [0.2, 0.25) is 0 Å². The highest BCUT2D eigenvalue weighted by Crippen LogP contribution is 2.29. The van der Waals surface area contributed by atoms with E-state index in [2.05, 4.69) is 72.4 Å². The van der Waals surface area contributed by atoms with Gasteiger partial charge in [-0.25, -0.2) is 8.77 Å². The van der Waals surface area contributed by atoms with Gasteiger partial charge in [0.2, 0.25) is 10.9 Å². The lowest BCUT2D eigenvalue weighted by Gasteiger charge is -2.19. The zero-order valence-electron chi connectivity index (χ0n) is 17.9. The average molecular weight is 453 g/mol. The summed E-state index contributed by atoms with van der Waals surface area (Å²) in [5.41, 5.74) is 6.35. The minimum Gasteiger partial charge on any atom is -0.343 e. The molecule has 0 bridgehead atoms. The van der Waals surface area contributed by atoms with Crippen molar-refractivity contribution in [2.45, 2.75) is 13.5 Å². The van der Waals surface area contributed by atoms with Crippen molar-refractivity contribution in [3.05, 3.63) is 84.7 Å². The Morgan fingerprint density at radius 1 is 0.909 bits per heavy atom. The van der Waals surface area contributed by atoms with Gasteiger partial charge in [0.25, 0.3) is 0 Å². The van der Waals surface area contributed by atoms with Crippen LogP contribution in [0.1, 0.15) is 12.5 Å². The van der Waals surface area contributed by atoms with Gasteiger partial charge in [-0.3, -0.25) is 0 Å². The standard InChI is InChI=1S/C24H20N8S/c1-2-30(24-28-23-27-20-8-4-6-10-22(20)31(23)33-24)15-17-11-13-18(14-12-17)19-7-3-5-9-21(19)32-26-16-25-29-32/h3-14,16H,2,15H2,1H3. The summed E-state index contributed by atoms with van der Waals surface area (Å²) < 4.78 is 2.10. The van der Waals surface area contributed by atoms with Gasteiger partial charge >= 0.3 is 0 Å². The molecule has 9 heteroatoms. The van der Waals surface area contributed by atoms with Crippen molar-refractivity contribution in [1.29, 1.82) is 0 Å². The summed E-state index contributed by atoms with van der Waals surface area (Å²) in [7, 11) is 0. The number of para-hydroxylation sites is 3. The van der Waals surface area contributed by atoms with Crippen molar-refractivity contribution in [2.75, 3.05) is 11.4 Å². The number of nitrogens with zero attached hydrogens (tertiary/aromatic N) is 8. The van der Waals surface area contributed by atoms with Gasteiger partial charge < -0.3 is 4.90 Å². The lowest BCUT2D eigenvalue weighted by molar-refractivity contribution is 0.721. The second-order valence-electron chi connectivity index (χ2n) is 7.63. The third-order valence-corrected chi connectivity index (χ3v) is 6.69. The van der Waals surface area contributed by atoms with Crippen molar-refractivity contribution < 1.29 is 0 Å². The molecule has 0 unspecified atom stereocenters. The van der Waals surface area contributed by atoms with Gasteiger partial charge in [-0.1, -0.05) is 54.6 Å². The fraction of sp³-hybridized carbons (Fsp3) is 0.125. The Morgan fingerprint density at radius 3 is 2.55 bits per heavy atom. The Hall–Kier alpha value is -4.11. The molecular formula is C24H20N8S. The van der Waals surface area contributed by atoms with Crippen molar-refractivity contribution >= 4 is 33.5 Å². The molecule has 0 atom stereocenters. The van der Waals surface area contributed by atoms with E-state index >= 15 is 0 Å². The molecule has 0 aliphatic heterocycles. The van der Waals surface area contributed by atoms with E-state index in [4.69, 9.17) is 4.98 Å². The van der Waals surface area contributed by atoms with E-state index in [9.17, 15) is 0 Å². The SMILES string of the molecule is CCN(Cc1ccc(-c2ccccc2-n2ncnn2)cc1)c1nc2nc3ccccc3n2s1. The van der Waals surface area contributed by atoms with Gasteiger partial charge in [0.05, 0.1) is 16.7 Å². The first-order valence-corrected chi connectivity index (χ1v) is 11.5. The van der Waals surface area contributed by atoms with E-state index in [-0.39, 0.29) is 0 Å². The van der Waals surface area contributed by atoms with Crippen LogP contribution >= 0.6 is 11.5 Å². The number of fused-ring (bicyclic) bond motifs is 3. The second kappa shape index (κ2) is 8.10. The lowest BCUT2D eigenvalue weighted by atomic mass is 10.0. The first-order chi connectivity index (χ1) is 16.3. The molecule has 3 heterocycles. The number of anilines is 1. The van der Waals surface area contributed by atoms with Gasteiger partial charge in [-0.2, -0.15) is 4.98 Å². The lowest BCUT2D eigenvalue weighted by Crippen LogP contribution is -2.21. The Kier molecular flexibility index (Phi) is 4.80. The Morgan fingerprint density at radius 2 is 1.73 bits per heavy atom. The number of aromatic nitrogens is 7. The van der Waals surface area contributed by atoms with E-state index in [1.54, 1.807) is 16.3 Å². The molecule has 0 spiro atoms. The maximum Gasteiger partial charge on any atom is 0.247 e. The number of rotatable bonds is 6. The highest BCUT2D eigenvalue weighted by molar-refractivity contribution is 7.10. The third kappa shape index (κ3) is 3.52. The molecule has 0 saturated carbocycles. The van der Waals surface area contributed by atoms with Crippen LogP contribution in [0, 0.1) is 0 Å². The largest absolute Gasteiger partial charge is 0.343 e. The maximum absolute atomic E-state index is 4.80. The van der Waals surface area contributed by atoms with Crippen LogP contribution in [0.25, 0.3) is 33.6 Å². The minimum atomic E-state index is 0.753. The van der Waals surface area contributed by atoms with Crippen molar-refractivity contribution in [3.8, 4) is 16.8 Å². The number of hydrogen-bond acceptors (Lipinski definition) is 7. The molecule has 0 N–H and O–H groups in total. The van der Waals surface area contributed by atoms with Crippen molar-refractivity contribution in [3.63, 3.8) is 0 Å². The van der Waals surface area contributed by atoms with Crippen molar-refractivity contribution in [2.24, 2.45) is 0 Å². The van der Waals surface area contributed by atoms with Crippen LogP contribution in [0.5, 0.6) is 0 Å². The van der Waals surface area contributed by atoms with E-state index in [0.29, 0.717) is 0 Å². The van der Waals surface area contributed by atoms with Gasteiger partial charge in [0, 0.05) is 18.7 Å². The first-order valence-electron chi connectivity index (χ1n) is 10.7. The van der Waals surface area contributed by atoms with E-state index in [1.165, 1.54) is 11.9 Å². The van der Waals surface area contributed by atoms with Gasteiger partial charge in [-0.15, -0.1) is 15.0 Å². The maximum atomic E-state index is 4.80. The van der Waals surface area contributed by atoms with Crippen LogP contribution < -0.4 is 4.90 Å². The molecule has 6 rings (SSSR count). The molecule has 0 saturated heterocycles. The number of imidazole rings is 1. The smallest absolute Gasteiger partial charge is 0.247 e. The summed E-state index contributed by atoms with van der Waals surface area (Å²) in [4.78, 5) is 13.3. The summed E-state index contributed by atoms with van der Waals surface area (Å²) in [6.45, 7) is 3.78. The number of tetrazole rings is 1. The van der Waals surface area contributed by atoms with Crippen LogP contribution in [0.15, 0.2) is 79.1 Å². The monoisotopic (exact) mass is 452 g/mol. The predicted molar refractivity (Wildman–Crippen MR) is 130 cm³/mol. The zero-order chi connectivity index (χ0) is 22.2. The van der Waals surface area contributed by atoms with Gasteiger partial charge in [0.1, 0.15) is 0 Å². The molecule has 0 amide bonds. The molecule has 3 aromatic carbocycles. The third-order valence-electron chi connectivity index (χ3n) is 5.63. The molecule has 33 heavy (non-hydrogen) atoms. The second-order valence-corrected chi connectivity index (χ2v) is 8.55. The highest BCUT2D eigenvalue weighted by Gasteiger charge is 2.15. The number of hydrogen-bond donors (Lipinski definition) is 0. The molecule has 6 aromatic rings. The summed E-state index contributed by atoms with van der Waals surface area (Å²) in [6.07, 6.45) is 1.44. The average Bonchev–Trinajstić information content (AvgIpc) is 3.60. The van der Waals surface area contributed by atoms with E-state index in [1.807, 2.05) is 36.4 Å². The van der Waals surface area contributed by atoms with E-state index in [0.717, 1.165) is 51.8 Å². The summed E-state index contributed by atoms with van der Waals surface area (Å²) in [5, 5.41) is 13.0. The van der Waals surface area contributed by atoms with Crippen LogP contribution in [0.4, 0.5) is 5.13 Å². The van der Waals surface area contributed by atoms with Crippen LogP contribution in [-0.4, -0.2) is 40.5 Å². The summed E-state index contributed by atoms with van der Waals surface area (Å²) >= 11 is 1.63. The predicted octanol–water partition coefficient (Wildman–Crippen LogP) is 4.61. The van der Waals surface area contributed by atoms with E-state index < -0.39 is 0 Å². The fourth-order valence-electron chi connectivity index (χ4n) is 3.96. The minimum absolute atomic E-state index is 0.753. The topological polar surface area (TPSA) is 77.0 Å². The number of benzene rings is 3. The molecular weight excluding hydrogens is 432 g/mol.